The van der Waals surface area contributed by atoms with E-state index in [1.807, 2.05) is 12.1 Å². The Morgan fingerprint density at radius 3 is 2.74 bits per heavy atom. The molecule has 0 aliphatic heterocycles. The largest absolute Gasteiger partial charge is 0.394 e. The highest BCUT2D eigenvalue weighted by Gasteiger charge is 2.34. The Hall–Kier alpha value is -0.610. The molecule has 0 amide bonds. The van der Waals surface area contributed by atoms with E-state index in [1.54, 1.807) is 0 Å². The van der Waals surface area contributed by atoms with Gasteiger partial charge in [-0.1, -0.05) is 36.6 Å². The van der Waals surface area contributed by atoms with Gasteiger partial charge in [-0.05, 0) is 30.5 Å². The quantitative estimate of drug-likeness (QED) is 0.756. The molecule has 1 fully saturated rings. The first-order valence-corrected chi connectivity index (χ1v) is 7.34. The Kier molecular flexibility index (Phi) is 5.64. The van der Waals surface area contributed by atoms with Crippen molar-refractivity contribution in [2.45, 2.75) is 31.2 Å². The predicted octanol–water partition coefficient (Wildman–Crippen LogP) is 2.71. The number of ether oxygens (including phenoxy) is 1. The first kappa shape index (κ1) is 14.8. The first-order chi connectivity index (χ1) is 9.27. The fourth-order valence-electron chi connectivity index (χ4n) is 2.86. The number of aliphatic hydroxyl groups excluding tert-OH is 1. The summed E-state index contributed by atoms with van der Waals surface area (Å²) in [5.74, 6) is 0. The zero-order valence-electron chi connectivity index (χ0n) is 11.2. The Bertz CT molecular complexity index is 391. The zero-order chi connectivity index (χ0) is 13.6. The van der Waals surface area contributed by atoms with E-state index in [9.17, 15) is 0 Å². The highest BCUT2D eigenvalue weighted by atomic mass is 35.5. The highest BCUT2D eigenvalue weighted by Crippen LogP contribution is 2.39. The average Bonchev–Trinajstić information content (AvgIpc) is 2.89. The van der Waals surface area contributed by atoms with Gasteiger partial charge in [0.15, 0.2) is 0 Å². The molecule has 106 valence electrons. The lowest BCUT2D eigenvalue weighted by Crippen LogP contribution is -2.41. The average molecular weight is 284 g/mol. The molecule has 2 rings (SSSR count). The Morgan fingerprint density at radius 2 is 2.05 bits per heavy atom. The second-order valence-corrected chi connectivity index (χ2v) is 5.50. The van der Waals surface area contributed by atoms with Crippen LogP contribution in [0.5, 0.6) is 0 Å². The van der Waals surface area contributed by atoms with E-state index in [4.69, 9.17) is 21.4 Å². The van der Waals surface area contributed by atoms with Crippen LogP contribution in [0.2, 0.25) is 5.02 Å². The summed E-state index contributed by atoms with van der Waals surface area (Å²) in [6, 6.07) is 8.15. The van der Waals surface area contributed by atoms with Gasteiger partial charge in [-0.15, -0.1) is 0 Å². The number of hydrogen-bond donors (Lipinski definition) is 2. The Labute approximate surface area is 119 Å². The van der Waals surface area contributed by atoms with Gasteiger partial charge in [-0.3, -0.25) is 0 Å². The number of nitrogens with one attached hydrogen (secondary N) is 1. The van der Waals surface area contributed by atoms with Crippen LogP contribution in [0, 0.1) is 0 Å². The fourth-order valence-corrected chi connectivity index (χ4v) is 3.05. The van der Waals surface area contributed by atoms with Crippen LogP contribution in [0.25, 0.3) is 0 Å². The zero-order valence-corrected chi connectivity index (χ0v) is 12.0. The van der Waals surface area contributed by atoms with Crippen molar-refractivity contribution in [3.05, 3.63) is 34.9 Å². The standard InChI is InChI=1S/C15H22ClNO2/c16-14-5-3-4-13(12-14)15(6-1-2-7-15)17-8-10-19-11-9-18/h3-5,12,17-18H,1-2,6-11H2. The van der Waals surface area contributed by atoms with Gasteiger partial charge in [-0.25, -0.2) is 0 Å². The maximum atomic E-state index is 8.68. The number of rotatable bonds is 7. The van der Waals surface area contributed by atoms with Crippen LogP contribution >= 0.6 is 11.6 Å². The molecule has 0 heterocycles. The molecule has 0 atom stereocenters. The summed E-state index contributed by atoms with van der Waals surface area (Å²) in [4.78, 5) is 0. The van der Waals surface area contributed by atoms with Crippen LogP contribution in [0.15, 0.2) is 24.3 Å². The number of aliphatic hydroxyl groups is 1. The van der Waals surface area contributed by atoms with Crippen LogP contribution in [0.4, 0.5) is 0 Å². The van der Waals surface area contributed by atoms with Crippen LogP contribution in [-0.4, -0.2) is 31.5 Å². The van der Waals surface area contributed by atoms with Crippen molar-refractivity contribution < 1.29 is 9.84 Å². The maximum Gasteiger partial charge on any atom is 0.0698 e. The normalized spacial score (nSPS) is 17.8. The van der Waals surface area contributed by atoms with E-state index in [1.165, 1.54) is 18.4 Å². The summed E-state index contributed by atoms with van der Waals surface area (Å²) in [7, 11) is 0. The topological polar surface area (TPSA) is 41.5 Å². The molecule has 0 spiro atoms. The predicted molar refractivity (Wildman–Crippen MR) is 77.5 cm³/mol. The minimum absolute atomic E-state index is 0.0491. The first-order valence-electron chi connectivity index (χ1n) is 6.96. The van der Waals surface area contributed by atoms with Gasteiger partial charge in [0.25, 0.3) is 0 Å². The minimum atomic E-state index is 0.0491. The van der Waals surface area contributed by atoms with Crippen LogP contribution in [-0.2, 0) is 10.3 Å². The molecule has 1 aliphatic rings. The van der Waals surface area contributed by atoms with E-state index < -0.39 is 0 Å². The van der Waals surface area contributed by atoms with Crippen LogP contribution in [0.3, 0.4) is 0 Å². The van der Waals surface area contributed by atoms with Gasteiger partial charge in [-0.2, -0.15) is 0 Å². The van der Waals surface area contributed by atoms with Gasteiger partial charge in [0.2, 0.25) is 0 Å². The summed E-state index contributed by atoms with van der Waals surface area (Å²) in [6.45, 7) is 1.92. The molecule has 1 aromatic rings. The minimum Gasteiger partial charge on any atom is -0.394 e. The van der Waals surface area contributed by atoms with Gasteiger partial charge in [0.05, 0.1) is 19.8 Å². The lowest BCUT2D eigenvalue weighted by atomic mass is 9.88. The lowest BCUT2D eigenvalue weighted by molar-refractivity contribution is 0.0891. The number of halogens is 1. The smallest absolute Gasteiger partial charge is 0.0698 e. The van der Waals surface area contributed by atoms with Crippen molar-refractivity contribution in [3.8, 4) is 0 Å². The van der Waals surface area contributed by atoms with Crippen LogP contribution < -0.4 is 5.32 Å². The molecular formula is C15H22ClNO2. The number of hydrogen-bond acceptors (Lipinski definition) is 3. The molecule has 1 saturated carbocycles. The summed E-state index contributed by atoms with van der Waals surface area (Å²) < 4.78 is 5.31. The van der Waals surface area contributed by atoms with Crippen molar-refractivity contribution in [1.29, 1.82) is 0 Å². The molecule has 0 unspecified atom stereocenters. The van der Waals surface area contributed by atoms with Crippen LogP contribution in [0.1, 0.15) is 31.2 Å². The monoisotopic (exact) mass is 283 g/mol. The summed E-state index contributed by atoms with van der Waals surface area (Å²) in [6.07, 6.45) is 4.79. The summed E-state index contributed by atoms with van der Waals surface area (Å²) in [5.41, 5.74) is 1.33. The molecule has 0 bridgehead atoms. The van der Waals surface area contributed by atoms with E-state index in [0.29, 0.717) is 13.2 Å². The van der Waals surface area contributed by atoms with Gasteiger partial charge >= 0.3 is 0 Å². The van der Waals surface area contributed by atoms with Gasteiger partial charge in [0, 0.05) is 17.1 Å². The van der Waals surface area contributed by atoms with E-state index in [2.05, 4.69) is 17.4 Å². The molecule has 4 heteroatoms. The van der Waals surface area contributed by atoms with E-state index in [0.717, 1.165) is 24.4 Å². The molecule has 0 aromatic heterocycles. The highest BCUT2D eigenvalue weighted by molar-refractivity contribution is 6.30. The maximum absolute atomic E-state index is 8.68. The third kappa shape index (κ3) is 3.93. The lowest BCUT2D eigenvalue weighted by Gasteiger charge is -2.31. The second kappa shape index (κ2) is 7.25. The molecular weight excluding hydrogens is 262 g/mol. The van der Waals surface area contributed by atoms with E-state index in [-0.39, 0.29) is 12.1 Å². The molecule has 3 nitrogen and oxygen atoms in total. The van der Waals surface area contributed by atoms with Gasteiger partial charge < -0.3 is 15.2 Å². The SMILES string of the molecule is OCCOCCNC1(c2cccc(Cl)c2)CCCC1. The molecule has 19 heavy (non-hydrogen) atoms. The summed E-state index contributed by atoms with van der Waals surface area (Å²) in [5, 5.41) is 13.1. The van der Waals surface area contributed by atoms with Crippen molar-refractivity contribution in [1.82, 2.24) is 5.32 Å². The van der Waals surface area contributed by atoms with Crippen molar-refractivity contribution in [2.24, 2.45) is 0 Å². The third-order valence-electron chi connectivity index (χ3n) is 3.78. The van der Waals surface area contributed by atoms with Crippen molar-refractivity contribution >= 4 is 11.6 Å². The van der Waals surface area contributed by atoms with E-state index >= 15 is 0 Å². The molecule has 0 radical (unpaired) electrons. The Morgan fingerprint density at radius 1 is 1.26 bits per heavy atom. The Balaban J connectivity index is 1.98. The van der Waals surface area contributed by atoms with Crippen molar-refractivity contribution in [2.75, 3.05) is 26.4 Å². The molecule has 1 aromatic carbocycles. The third-order valence-corrected chi connectivity index (χ3v) is 4.01. The fraction of sp³-hybridized carbons (Fsp3) is 0.600. The molecule has 2 N–H and O–H groups in total. The molecule has 0 saturated heterocycles. The van der Waals surface area contributed by atoms with Gasteiger partial charge in [0.1, 0.15) is 0 Å². The second-order valence-electron chi connectivity index (χ2n) is 5.06. The van der Waals surface area contributed by atoms with Crippen molar-refractivity contribution in [3.63, 3.8) is 0 Å². The molecule has 1 aliphatic carbocycles. The number of benzene rings is 1. The summed E-state index contributed by atoms with van der Waals surface area (Å²) >= 11 is 6.11.